The molecule has 110 valence electrons. The lowest BCUT2D eigenvalue weighted by atomic mass is 10.1. The molecule has 0 aliphatic carbocycles. The summed E-state index contributed by atoms with van der Waals surface area (Å²) in [5.41, 5.74) is 6.17. The summed E-state index contributed by atoms with van der Waals surface area (Å²) in [6.07, 6.45) is 0. The molecule has 0 heterocycles. The molecule has 0 saturated carbocycles. The van der Waals surface area contributed by atoms with Gasteiger partial charge in [-0.1, -0.05) is 6.07 Å². The van der Waals surface area contributed by atoms with Gasteiger partial charge < -0.3 is 15.8 Å². The van der Waals surface area contributed by atoms with Gasteiger partial charge in [-0.2, -0.15) is 0 Å². The molecule has 2 aromatic carbocycles. The Morgan fingerprint density at radius 1 is 1.14 bits per heavy atom. The maximum Gasteiger partial charge on any atom is 0.244 e. The van der Waals surface area contributed by atoms with E-state index in [2.05, 4.69) is 5.32 Å². The number of carbonyl (C=O) groups is 1. The predicted molar refractivity (Wildman–Crippen MR) is 74.9 cm³/mol. The Labute approximate surface area is 120 Å². The summed E-state index contributed by atoms with van der Waals surface area (Å²) < 4.78 is 31.2. The molecule has 0 spiro atoms. The van der Waals surface area contributed by atoms with Crippen molar-refractivity contribution in [2.45, 2.75) is 6.04 Å². The summed E-state index contributed by atoms with van der Waals surface area (Å²) in [5, 5.41) is 2.87. The van der Waals surface area contributed by atoms with Crippen molar-refractivity contribution in [2.75, 3.05) is 12.4 Å². The normalized spacial score (nSPS) is 11.8. The summed E-state index contributed by atoms with van der Waals surface area (Å²) in [6, 6.07) is 9.02. The number of methoxy groups -OCH3 is 1. The number of primary amides is 1. The zero-order chi connectivity index (χ0) is 15.4. The number of rotatable bonds is 5. The minimum absolute atomic E-state index is 0.247. The molecule has 0 bridgehead atoms. The average molecular weight is 292 g/mol. The van der Waals surface area contributed by atoms with Gasteiger partial charge in [-0.05, 0) is 42.0 Å². The van der Waals surface area contributed by atoms with Crippen molar-refractivity contribution in [1.29, 1.82) is 0 Å². The van der Waals surface area contributed by atoms with E-state index in [4.69, 9.17) is 10.5 Å². The third kappa shape index (κ3) is 3.47. The van der Waals surface area contributed by atoms with E-state index in [1.54, 1.807) is 24.3 Å². The van der Waals surface area contributed by atoms with E-state index in [0.717, 1.165) is 12.1 Å². The lowest BCUT2D eigenvalue weighted by Crippen LogP contribution is -2.27. The van der Waals surface area contributed by atoms with E-state index in [1.165, 1.54) is 13.2 Å². The van der Waals surface area contributed by atoms with Gasteiger partial charge >= 0.3 is 0 Å². The van der Waals surface area contributed by atoms with Gasteiger partial charge in [0.2, 0.25) is 5.91 Å². The van der Waals surface area contributed by atoms with Crippen LogP contribution in [0.2, 0.25) is 0 Å². The lowest BCUT2D eigenvalue weighted by Gasteiger charge is -2.17. The highest BCUT2D eigenvalue weighted by Gasteiger charge is 2.19. The van der Waals surface area contributed by atoms with Crippen LogP contribution in [0, 0.1) is 11.6 Å². The highest BCUT2D eigenvalue weighted by Crippen LogP contribution is 2.23. The van der Waals surface area contributed by atoms with Gasteiger partial charge in [0.25, 0.3) is 0 Å². The molecule has 4 nitrogen and oxygen atoms in total. The molecule has 3 N–H and O–H groups in total. The van der Waals surface area contributed by atoms with Crippen LogP contribution in [0.5, 0.6) is 5.75 Å². The Balaban J connectivity index is 2.26. The summed E-state index contributed by atoms with van der Waals surface area (Å²) in [7, 11) is 1.54. The van der Waals surface area contributed by atoms with Crippen LogP contribution in [0.25, 0.3) is 0 Å². The molecule has 6 heteroatoms. The minimum atomic E-state index is -1.03. The van der Waals surface area contributed by atoms with Crippen molar-refractivity contribution in [3.8, 4) is 5.75 Å². The molecular weight excluding hydrogens is 278 g/mol. The first-order valence-corrected chi connectivity index (χ1v) is 6.16. The monoisotopic (exact) mass is 292 g/mol. The molecule has 0 aromatic heterocycles. The van der Waals surface area contributed by atoms with Crippen LogP contribution in [-0.2, 0) is 4.79 Å². The third-order valence-corrected chi connectivity index (χ3v) is 2.96. The maximum atomic E-state index is 13.3. The summed E-state index contributed by atoms with van der Waals surface area (Å²) in [6.45, 7) is 0. The van der Waals surface area contributed by atoms with Gasteiger partial charge in [0.1, 0.15) is 11.8 Å². The first kappa shape index (κ1) is 14.8. The van der Waals surface area contributed by atoms with E-state index >= 15 is 0 Å². The Morgan fingerprint density at radius 3 is 2.33 bits per heavy atom. The van der Waals surface area contributed by atoms with Crippen molar-refractivity contribution in [1.82, 2.24) is 0 Å². The second kappa shape index (κ2) is 6.21. The second-order valence-corrected chi connectivity index (χ2v) is 4.38. The fourth-order valence-electron chi connectivity index (χ4n) is 1.86. The summed E-state index contributed by atoms with van der Waals surface area (Å²) in [4.78, 5) is 11.5. The number of amides is 1. The van der Waals surface area contributed by atoms with E-state index in [0.29, 0.717) is 11.4 Å². The largest absolute Gasteiger partial charge is 0.497 e. The maximum absolute atomic E-state index is 13.3. The van der Waals surface area contributed by atoms with Crippen LogP contribution >= 0.6 is 0 Å². The molecular formula is C15H14F2N2O2. The Morgan fingerprint density at radius 2 is 1.81 bits per heavy atom. The van der Waals surface area contributed by atoms with E-state index in [9.17, 15) is 13.6 Å². The van der Waals surface area contributed by atoms with Crippen LogP contribution in [0.1, 0.15) is 11.6 Å². The summed E-state index contributed by atoms with van der Waals surface area (Å²) >= 11 is 0. The zero-order valence-electron chi connectivity index (χ0n) is 11.3. The van der Waals surface area contributed by atoms with Gasteiger partial charge in [0.15, 0.2) is 11.6 Å². The molecule has 1 amide bonds. The Bertz CT molecular complexity index is 645. The molecule has 0 aliphatic rings. The zero-order valence-corrected chi connectivity index (χ0v) is 11.3. The number of nitrogens with one attached hydrogen (secondary N) is 1. The topological polar surface area (TPSA) is 64.3 Å². The number of halogens is 2. The van der Waals surface area contributed by atoms with E-state index in [1.807, 2.05) is 0 Å². The highest BCUT2D eigenvalue weighted by atomic mass is 19.2. The third-order valence-electron chi connectivity index (χ3n) is 2.96. The van der Waals surface area contributed by atoms with Gasteiger partial charge in [0.05, 0.1) is 7.11 Å². The number of benzene rings is 2. The molecule has 0 saturated heterocycles. The van der Waals surface area contributed by atoms with Crippen molar-refractivity contribution in [3.05, 3.63) is 59.7 Å². The average Bonchev–Trinajstić information content (AvgIpc) is 2.48. The minimum Gasteiger partial charge on any atom is -0.497 e. The van der Waals surface area contributed by atoms with Crippen molar-refractivity contribution < 1.29 is 18.3 Å². The molecule has 1 unspecified atom stereocenters. The first-order valence-electron chi connectivity index (χ1n) is 6.16. The van der Waals surface area contributed by atoms with Crippen LogP contribution in [0.3, 0.4) is 0 Å². The van der Waals surface area contributed by atoms with Crippen LogP contribution < -0.4 is 15.8 Å². The molecule has 0 radical (unpaired) electrons. The highest BCUT2D eigenvalue weighted by molar-refractivity contribution is 5.84. The predicted octanol–water partition coefficient (Wildman–Crippen LogP) is 2.61. The number of hydrogen-bond acceptors (Lipinski definition) is 3. The molecule has 1 atom stereocenters. The number of ether oxygens (including phenoxy) is 1. The fourth-order valence-corrected chi connectivity index (χ4v) is 1.86. The molecule has 21 heavy (non-hydrogen) atoms. The van der Waals surface area contributed by atoms with Gasteiger partial charge in [-0.15, -0.1) is 0 Å². The first-order chi connectivity index (χ1) is 10.0. The second-order valence-electron chi connectivity index (χ2n) is 4.38. The van der Waals surface area contributed by atoms with Crippen LogP contribution in [0.4, 0.5) is 14.5 Å². The van der Waals surface area contributed by atoms with Crippen LogP contribution in [-0.4, -0.2) is 13.0 Å². The van der Waals surface area contributed by atoms with Crippen molar-refractivity contribution in [2.24, 2.45) is 5.73 Å². The molecule has 2 rings (SSSR count). The Kier molecular flexibility index (Phi) is 4.37. The van der Waals surface area contributed by atoms with Crippen molar-refractivity contribution in [3.63, 3.8) is 0 Å². The fraction of sp³-hybridized carbons (Fsp3) is 0.133. The SMILES string of the molecule is COc1ccc(NC(C(N)=O)c2ccc(F)c(F)c2)cc1. The van der Waals surface area contributed by atoms with Crippen molar-refractivity contribution >= 4 is 11.6 Å². The Hall–Kier alpha value is -2.63. The van der Waals surface area contributed by atoms with E-state index < -0.39 is 23.6 Å². The molecule has 0 fully saturated rings. The lowest BCUT2D eigenvalue weighted by molar-refractivity contribution is -0.118. The molecule has 2 aromatic rings. The van der Waals surface area contributed by atoms with E-state index in [-0.39, 0.29) is 5.56 Å². The summed E-state index contributed by atoms with van der Waals surface area (Å²) in [5.74, 6) is -2.05. The number of nitrogens with two attached hydrogens (primary N) is 1. The van der Waals surface area contributed by atoms with Gasteiger partial charge in [-0.3, -0.25) is 4.79 Å². The van der Waals surface area contributed by atoms with Gasteiger partial charge in [0, 0.05) is 5.69 Å². The number of hydrogen-bond donors (Lipinski definition) is 2. The smallest absolute Gasteiger partial charge is 0.244 e. The number of carbonyl (C=O) groups excluding carboxylic acids is 1. The standard InChI is InChI=1S/C15H14F2N2O2/c1-21-11-5-3-10(4-6-11)19-14(15(18)20)9-2-7-12(16)13(17)8-9/h2-8,14,19H,1H3,(H2,18,20). The number of anilines is 1. The van der Waals surface area contributed by atoms with Crippen LogP contribution in [0.15, 0.2) is 42.5 Å². The quantitative estimate of drug-likeness (QED) is 0.890. The van der Waals surface area contributed by atoms with Gasteiger partial charge in [-0.25, -0.2) is 8.78 Å². The molecule has 0 aliphatic heterocycles.